The van der Waals surface area contributed by atoms with E-state index in [1.54, 1.807) is 25.3 Å². The van der Waals surface area contributed by atoms with E-state index in [-0.39, 0.29) is 5.57 Å². The van der Waals surface area contributed by atoms with Crippen LogP contribution in [0.25, 0.3) is 6.08 Å². The second kappa shape index (κ2) is 6.13. The highest BCUT2D eigenvalue weighted by Gasteiger charge is 2.02. The van der Waals surface area contributed by atoms with Crippen molar-refractivity contribution in [2.24, 2.45) is 0 Å². The summed E-state index contributed by atoms with van der Waals surface area (Å²) >= 11 is 0. The van der Waals surface area contributed by atoms with Crippen LogP contribution >= 0.6 is 0 Å². The van der Waals surface area contributed by atoms with Gasteiger partial charge in [0.25, 0.3) is 0 Å². The Morgan fingerprint density at radius 1 is 1.47 bits per heavy atom. The number of benzene rings is 1. The van der Waals surface area contributed by atoms with Crippen LogP contribution in [-0.4, -0.2) is 18.2 Å². The van der Waals surface area contributed by atoms with Crippen LogP contribution in [-0.2, 0) is 4.79 Å². The zero-order valence-electron chi connectivity index (χ0n) is 9.25. The molecule has 0 atom stereocenters. The van der Waals surface area contributed by atoms with Crippen molar-refractivity contribution in [1.82, 2.24) is 0 Å². The number of nitrogens with zero attached hydrogens (tertiary/aromatic N) is 1. The standard InChI is InChI=1S/C13H11NO3/c1-17-12-8-3-2-5-10(12)6-4-7-11(9-14)13(15)16/h2-8H,1H3,(H,15,16). The molecule has 0 aliphatic rings. The van der Waals surface area contributed by atoms with Gasteiger partial charge in [0.2, 0.25) is 0 Å². The summed E-state index contributed by atoms with van der Waals surface area (Å²) in [5.74, 6) is -0.553. The summed E-state index contributed by atoms with van der Waals surface area (Å²) in [5.41, 5.74) is 0.505. The highest BCUT2D eigenvalue weighted by molar-refractivity contribution is 5.91. The smallest absolute Gasteiger partial charge is 0.346 e. The first-order chi connectivity index (χ1) is 8.19. The summed E-state index contributed by atoms with van der Waals surface area (Å²) in [4.78, 5) is 10.5. The van der Waals surface area contributed by atoms with Gasteiger partial charge in [-0.2, -0.15) is 5.26 Å². The van der Waals surface area contributed by atoms with Crippen LogP contribution in [0.1, 0.15) is 5.56 Å². The molecule has 17 heavy (non-hydrogen) atoms. The van der Waals surface area contributed by atoms with Crippen LogP contribution in [0.4, 0.5) is 0 Å². The maximum Gasteiger partial charge on any atom is 0.346 e. The zero-order chi connectivity index (χ0) is 12.7. The van der Waals surface area contributed by atoms with Gasteiger partial charge in [-0.05, 0) is 12.1 Å². The minimum absolute atomic E-state index is 0.309. The second-order valence-corrected chi connectivity index (χ2v) is 3.10. The molecule has 0 saturated carbocycles. The first kappa shape index (κ1) is 12.5. The van der Waals surface area contributed by atoms with Crippen LogP contribution in [0.15, 0.2) is 42.0 Å². The highest BCUT2D eigenvalue weighted by atomic mass is 16.5. The molecule has 0 amide bonds. The SMILES string of the molecule is COc1ccccc1C=CC=C(C#N)C(=O)O. The van der Waals surface area contributed by atoms with Crippen molar-refractivity contribution >= 4 is 12.0 Å². The molecule has 0 heterocycles. The van der Waals surface area contributed by atoms with Crippen LogP contribution in [0.3, 0.4) is 0 Å². The van der Waals surface area contributed by atoms with Crippen molar-refractivity contribution in [3.8, 4) is 11.8 Å². The molecule has 4 heteroatoms. The fourth-order valence-electron chi connectivity index (χ4n) is 1.21. The lowest BCUT2D eigenvalue weighted by atomic mass is 10.1. The first-order valence-electron chi connectivity index (χ1n) is 4.84. The summed E-state index contributed by atoms with van der Waals surface area (Å²) in [6.07, 6.45) is 4.43. The minimum atomic E-state index is -1.24. The molecule has 1 aromatic rings. The molecule has 1 rings (SSSR count). The molecule has 0 bridgehead atoms. The average molecular weight is 229 g/mol. The normalized spacial score (nSPS) is 11.2. The number of rotatable bonds is 4. The number of aliphatic carboxylic acids is 1. The largest absolute Gasteiger partial charge is 0.496 e. The predicted octanol–water partition coefficient (Wildman–Crippen LogP) is 2.24. The van der Waals surface area contributed by atoms with Gasteiger partial charge in [0.1, 0.15) is 17.4 Å². The molecule has 0 aliphatic heterocycles. The molecule has 0 spiro atoms. The summed E-state index contributed by atoms with van der Waals surface area (Å²) < 4.78 is 5.12. The lowest BCUT2D eigenvalue weighted by Crippen LogP contribution is -1.96. The highest BCUT2D eigenvalue weighted by Crippen LogP contribution is 2.18. The maximum absolute atomic E-state index is 10.5. The fraction of sp³-hybridized carbons (Fsp3) is 0.0769. The van der Waals surface area contributed by atoms with E-state index >= 15 is 0 Å². The number of para-hydroxylation sites is 1. The first-order valence-corrected chi connectivity index (χ1v) is 4.84. The number of methoxy groups -OCH3 is 1. The van der Waals surface area contributed by atoms with Gasteiger partial charge < -0.3 is 9.84 Å². The summed E-state index contributed by atoms with van der Waals surface area (Å²) in [6.45, 7) is 0. The van der Waals surface area contributed by atoms with Gasteiger partial charge in [0.15, 0.2) is 0 Å². The van der Waals surface area contributed by atoms with Crippen molar-refractivity contribution in [2.75, 3.05) is 7.11 Å². The molecule has 0 saturated heterocycles. The zero-order valence-corrected chi connectivity index (χ0v) is 9.25. The van der Waals surface area contributed by atoms with Crippen molar-refractivity contribution < 1.29 is 14.6 Å². The van der Waals surface area contributed by atoms with E-state index in [1.807, 2.05) is 18.2 Å². The third-order valence-electron chi connectivity index (χ3n) is 2.03. The molecular weight excluding hydrogens is 218 g/mol. The van der Waals surface area contributed by atoms with Gasteiger partial charge in [0.05, 0.1) is 7.11 Å². The number of carbonyl (C=O) groups is 1. The third-order valence-corrected chi connectivity index (χ3v) is 2.03. The Morgan fingerprint density at radius 3 is 2.76 bits per heavy atom. The summed E-state index contributed by atoms with van der Waals surface area (Å²) in [5, 5.41) is 17.2. The lowest BCUT2D eigenvalue weighted by molar-refractivity contribution is -0.132. The van der Waals surface area contributed by atoms with Crippen molar-refractivity contribution in [1.29, 1.82) is 5.26 Å². The number of hydrogen-bond donors (Lipinski definition) is 1. The van der Waals surface area contributed by atoms with Gasteiger partial charge in [-0.25, -0.2) is 4.79 Å². The number of hydrogen-bond acceptors (Lipinski definition) is 3. The van der Waals surface area contributed by atoms with Crippen LogP contribution < -0.4 is 4.74 Å². The maximum atomic E-state index is 10.5. The quantitative estimate of drug-likeness (QED) is 0.488. The topological polar surface area (TPSA) is 70.3 Å². The van der Waals surface area contributed by atoms with Crippen LogP contribution in [0.2, 0.25) is 0 Å². The molecule has 1 N–H and O–H groups in total. The number of carboxylic acid groups (broad SMARTS) is 1. The number of nitriles is 1. The molecular formula is C13H11NO3. The number of carboxylic acids is 1. The van der Waals surface area contributed by atoms with Crippen LogP contribution in [0, 0.1) is 11.3 Å². The summed E-state index contributed by atoms with van der Waals surface area (Å²) in [7, 11) is 1.56. The average Bonchev–Trinajstić information content (AvgIpc) is 2.34. The number of ether oxygens (including phenoxy) is 1. The monoisotopic (exact) mass is 229 g/mol. The Kier molecular flexibility index (Phi) is 4.52. The van der Waals surface area contributed by atoms with Gasteiger partial charge in [-0.15, -0.1) is 0 Å². The lowest BCUT2D eigenvalue weighted by Gasteiger charge is -2.02. The van der Waals surface area contributed by atoms with E-state index < -0.39 is 5.97 Å². The molecule has 0 fully saturated rings. The predicted molar refractivity (Wildman–Crippen MR) is 63.4 cm³/mol. The molecule has 0 unspecified atom stereocenters. The van der Waals surface area contributed by atoms with Gasteiger partial charge in [-0.1, -0.05) is 30.4 Å². The van der Waals surface area contributed by atoms with E-state index in [0.29, 0.717) is 5.75 Å². The summed E-state index contributed by atoms with van der Waals surface area (Å²) in [6, 6.07) is 8.90. The molecule has 1 aromatic carbocycles. The Labute approximate surface area is 99.1 Å². The molecule has 4 nitrogen and oxygen atoms in total. The molecule has 86 valence electrons. The second-order valence-electron chi connectivity index (χ2n) is 3.10. The van der Waals surface area contributed by atoms with Gasteiger partial charge in [0, 0.05) is 5.56 Å². The van der Waals surface area contributed by atoms with E-state index in [4.69, 9.17) is 15.1 Å². The Balaban J connectivity index is 2.92. The molecule has 0 aliphatic carbocycles. The third kappa shape index (κ3) is 3.50. The van der Waals surface area contributed by atoms with E-state index in [9.17, 15) is 4.79 Å². The molecule has 0 aromatic heterocycles. The van der Waals surface area contributed by atoms with Gasteiger partial charge >= 0.3 is 5.97 Å². The molecule has 0 radical (unpaired) electrons. The van der Waals surface area contributed by atoms with E-state index in [2.05, 4.69) is 0 Å². The van der Waals surface area contributed by atoms with E-state index in [0.717, 1.165) is 5.56 Å². The minimum Gasteiger partial charge on any atom is -0.496 e. The Morgan fingerprint density at radius 2 is 2.18 bits per heavy atom. The Hall–Kier alpha value is -2.54. The Bertz CT molecular complexity index is 510. The van der Waals surface area contributed by atoms with Crippen molar-refractivity contribution in [3.05, 3.63) is 47.6 Å². The van der Waals surface area contributed by atoms with Crippen molar-refractivity contribution in [3.63, 3.8) is 0 Å². The van der Waals surface area contributed by atoms with E-state index in [1.165, 1.54) is 12.2 Å². The van der Waals surface area contributed by atoms with Gasteiger partial charge in [-0.3, -0.25) is 0 Å². The fourth-order valence-corrected chi connectivity index (χ4v) is 1.21. The number of allylic oxidation sites excluding steroid dienone is 2. The van der Waals surface area contributed by atoms with Crippen LogP contribution in [0.5, 0.6) is 5.75 Å². The van der Waals surface area contributed by atoms with Crippen molar-refractivity contribution in [2.45, 2.75) is 0 Å².